The fourth-order valence-electron chi connectivity index (χ4n) is 0.956. The van der Waals surface area contributed by atoms with Gasteiger partial charge in [0.1, 0.15) is 0 Å². The number of rotatable bonds is 2. The van der Waals surface area contributed by atoms with Crippen LogP contribution in [0.25, 0.3) is 5.88 Å². The highest BCUT2D eigenvalue weighted by Gasteiger charge is 2.16. The summed E-state index contributed by atoms with van der Waals surface area (Å²) >= 11 is 0. The van der Waals surface area contributed by atoms with Crippen molar-refractivity contribution in [3.63, 3.8) is 0 Å². The zero-order valence-corrected chi connectivity index (χ0v) is 6.91. The van der Waals surface area contributed by atoms with E-state index in [0.717, 1.165) is 10.9 Å². The minimum absolute atomic E-state index is 0.0617. The molecule has 0 fully saturated rings. The average Bonchev–Trinajstić information content (AvgIpc) is 2.67. The third kappa shape index (κ3) is 1.30. The van der Waals surface area contributed by atoms with E-state index in [2.05, 4.69) is 15.8 Å². The summed E-state index contributed by atoms with van der Waals surface area (Å²) in [5, 5.41) is 15.8. The molecule has 1 aliphatic heterocycles. The van der Waals surface area contributed by atoms with E-state index < -0.39 is 5.97 Å². The number of aromatic nitrogens is 3. The highest BCUT2D eigenvalue weighted by atomic mass is 16.7. The Labute approximate surface area is 78.2 Å². The Bertz CT molecular complexity index is 420. The molecule has 0 aliphatic carbocycles. The number of carboxylic acid groups (broad SMARTS) is 1. The van der Waals surface area contributed by atoms with Crippen LogP contribution >= 0.6 is 0 Å². The SMILES string of the molecule is O=C(O)c1cnnn1C1=CC=CNO1. The van der Waals surface area contributed by atoms with Crippen LogP contribution in [0.3, 0.4) is 0 Å². The van der Waals surface area contributed by atoms with Crippen molar-refractivity contribution < 1.29 is 14.7 Å². The number of nitrogens with zero attached hydrogens (tertiary/aromatic N) is 3. The van der Waals surface area contributed by atoms with Crippen LogP contribution in [-0.2, 0) is 4.84 Å². The summed E-state index contributed by atoms with van der Waals surface area (Å²) in [4.78, 5) is 15.6. The maximum absolute atomic E-state index is 10.7. The predicted molar refractivity (Wildman–Crippen MR) is 44.6 cm³/mol. The van der Waals surface area contributed by atoms with Gasteiger partial charge < -0.3 is 9.94 Å². The van der Waals surface area contributed by atoms with Gasteiger partial charge in [-0.3, -0.25) is 0 Å². The number of carbonyl (C=O) groups is 1. The van der Waals surface area contributed by atoms with Gasteiger partial charge in [-0.1, -0.05) is 5.21 Å². The van der Waals surface area contributed by atoms with Gasteiger partial charge in [0.05, 0.1) is 6.20 Å². The van der Waals surface area contributed by atoms with Gasteiger partial charge in [0.15, 0.2) is 5.69 Å². The second kappa shape index (κ2) is 3.21. The fourth-order valence-corrected chi connectivity index (χ4v) is 0.956. The lowest BCUT2D eigenvalue weighted by Crippen LogP contribution is -2.17. The first-order chi connectivity index (χ1) is 6.79. The number of hydroxylamine groups is 1. The van der Waals surface area contributed by atoms with Gasteiger partial charge in [0, 0.05) is 12.3 Å². The van der Waals surface area contributed by atoms with Crippen LogP contribution in [0.15, 0.2) is 24.5 Å². The maximum atomic E-state index is 10.7. The van der Waals surface area contributed by atoms with Gasteiger partial charge in [-0.2, -0.15) is 4.68 Å². The van der Waals surface area contributed by atoms with Gasteiger partial charge in [-0.25, -0.2) is 10.3 Å². The van der Waals surface area contributed by atoms with E-state index in [1.807, 2.05) is 0 Å². The van der Waals surface area contributed by atoms with Gasteiger partial charge in [0.2, 0.25) is 5.88 Å². The first-order valence-electron chi connectivity index (χ1n) is 3.72. The lowest BCUT2D eigenvalue weighted by atomic mass is 10.4. The summed E-state index contributed by atoms with van der Waals surface area (Å²) in [6.45, 7) is 0. The second-order valence-electron chi connectivity index (χ2n) is 2.42. The molecule has 72 valence electrons. The van der Waals surface area contributed by atoms with Crippen LogP contribution in [-0.4, -0.2) is 26.1 Å². The molecule has 0 aromatic carbocycles. The van der Waals surface area contributed by atoms with Gasteiger partial charge in [-0.15, -0.1) is 5.10 Å². The van der Waals surface area contributed by atoms with E-state index >= 15 is 0 Å². The minimum Gasteiger partial charge on any atom is -0.476 e. The van der Waals surface area contributed by atoms with E-state index in [1.54, 1.807) is 18.4 Å². The van der Waals surface area contributed by atoms with Crippen molar-refractivity contribution >= 4 is 11.9 Å². The minimum atomic E-state index is -1.12. The van der Waals surface area contributed by atoms with Gasteiger partial charge in [-0.05, 0) is 6.08 Å². The number of hydrogen-bond donors (Lipinski definition) is 2. The van der Waals surface area contributed by atoms with E-state index in [9.17, 15) is 4.79 Å². The zero-order chi connectivity index (χ0) is 9.97. The average molecular weight is 194 g/mol. The van der Waals surface area contributed by atoms with Crippen LogP contribution in [0, 0.1) is 0 Å². The van der Waals surface area contributed by atoms with Crippen LogP contribution in [0.4, 0.5) is 0 Å². The van der Waals surface area contributed by atoms with E-state index in [0.29, 0.717) is 0 Å². The number of nitrogens with one attached hydrogen (secondary N) is 1. The lowest BCUT2D eigenvalue weighted by Gasteiger charge is -2.11. The standard InChI is InChI=1S/C7H6N4O3/c12-7(13)5-4-8-10-11(5)6-2-1-3-9-14-6/h1-4,9H,(H,12,13). The molecule has 0 spiro atoms. The monoisotopic (exact) mass is 194 g/mol. The molecule has 0 atom stereocenters. The first-order valence-corrected chi connectivity index (χ1v) is 3.72. The van der Waals surface area contributed by atoms with Crippen molar-refractivity contribution in [3.8, 4) is 0 Å². The van der Waals surface area contributed by atoms with E-state index in [1.165, 1.54) is 0 Å². The Morgan fingerprint density at radius 2 is 2.50 bits per heavy atom. The van der Waals surface area contributed by atoms with Crippen molar-refractivity contribution in [3.05, 3.63) is 30.2 Å². The van der Waals surface area contributed by atoms with Crippen LogP contribution < -0.4 is 5.48 Å². The van der Waals surface area contributed by atoms with Crippen molar-refractivity contribution in [1.29, 1.82) is 0 Å². The molecule has 14 heavy (non-hydrogen) atoms. The van der Waals surface area contributed by atoms with Crippen LogP contribution in [0.2, 0.25) is 0 Å². The fraction of sp³-hybridized carbons (Fsp3) is 0. The quantitative estimate of drug-likeness (QED) is 0.679. The Morgan fingerprint density at radius 1 is 1.64 bits per heavy atom. The molecule has 1 aromatic rings. The third-order valence-corrected chi connectivity index (χ3v) is 1.54. The Hall–Kier alpha value is -2.31. The van der Waals surface area contributed by atoms with Crippen molar-refractivity contribution in [2.75, 3.05) is 0 Å². The zero-order valence-electron chi connectivity index (χ0n) is 6.91. The summed E-state index contributed by atoms with van der Waals surface area (Å²) in [5.74, 6) is -0.864. The normalized spacial score (nSPS) is 14.1. The first kappa shape index (κ1) is 8.30. The molecule has 0 bridgehead atoms. The third-order valence-electron chi connectivity index (χ3n) is 1.54. The number of carboxylic acids is 1. The number of hydrogen-bond acceptors (Lipinski definition) is 5. The molecule has 7 heteroatoms. The van der Waals surface area contributed by atoms with Crippen molar-refractivity contribution in [1.82, 2.24) is 20.5 Å². The molecular formula is C7H6N4O3. The topological polar surface area (TPSA) is 89.3 Å². The molecule has 2 heterocycles. The van der Waals surface area contributed by atoms with Crippen LogP contribution in [0.1, 0.15) is 10.5 Å². The highest BCUT2D eigenvalue weighted by molar-refractivity contribution is 5.86. The second-order valence-corrected chi connectivity index (χ2v) is 2.42. The van der Waals surface area contributed by atoms with Crippen LogP contribution in [0.5, 0.6) is 0 Å². The molecule has 0 saturated carbocycles. The molecule has 2 rings (SSSR count). The highest BCUT2D eigenvalue weighted by Crippen LogP contribution is 2.09. The number of aromatic carboxylic acids is 1. The lowest BCUT2D eigenvalue weighted by molar-refractivity contribution is 0.0682. The van der Waals surface area contributed by atoms with Crippen molar-refractivity contribution in [2.24, 2.45) is 0 Å². The summed E-state index contributed by atoms with van der Waals surface area (Å²) in [5.41, 5.74) is 2.40. The predicted octanol–water partition coefficient (Wildman–Crippen LogP) is -0.177. The van der Waals surface area contributed by atoms with Crippen molar-refractivity contribution in [2.45, 2.75) is 0 Å². The molecule has 1 aromatic heterocycles. The molecule has 1 aliphatic rings. The molecule has 0 saturated heterocycles. The summed E-state index contributed by atoms with van der Waals surface area (Å²) < 4.78 is 1.08. The maximum Gasteiger partial charge on any atom is 0.356 e. The summed E-state index contributed by atoms with van der Waals surface area (Å²) in [6.07, 6.45) is 5.93. The molecule has 7 nitrogen and oxygen atoms in total. The number of allylic oxidation sites excluding steroid dienone is 2. The van der Waals surface area contributed by atoms with Gasteiger partial charge >= 0.3 is 5.97 Å². The molecular weight excluding hydrogens is 188 g/mol. The summed E-state index contributed by atoms with van der Waals surface area (Å²) in [7, 11) is 0. The molecule has 0 amide bonds. The Kier molecular flexibility index (Phi) is 1.90. The largest absolute Gasteiger partial charge is 0.476 e. The van der Waals surface area contributed by atoms with Gasteiger partial charge in [0.25, 0.3) is 0 Å². The molecule has 0 radical (unpaired) electrons. The molecule has 0 unspecified atom stereocenters. The Balaban J connectivity index is 2.40. The smallest absolute Gasteiger partial charge is 0.356 e. The van der Waals surface area contributed by atoms with E-state index in [4.69, 9.17) is 9.94 Å². The molecule has 2 N–H and O–H groups in total. The van der Waals surface area contributed by atoms with E-state index in [-0.39, 0.29) is 11.6 Å². The summed E-state index contributed by atoms with van der Waals surface area (Å²) in [6, 6.07) is 0. The Morgan fingerprint density at radius 3 is 3.14 bits per heavy atom.